The lowest BCUT2D eigenvalue weighted by Crippen LogP contribution is -2.46. The highest BCUT2D eigenvalue weighted by atomic mass is 35.5. The summed E-state index contributed by atoms with van der Waals surface area (Å²) in [7, 11) is 1.14. The molecule has 0 saturated carbocycles. The van der Waals surface area contributed by atoms with Crippen molar-refractivity contribution in [3.05, 3.63) is 81.1 Å². The van der Waals surface area contributed by atoms with E-state index in [4.69, 9.17) is 11.6 Å². The summed E-state index contributed by atoms with van der Waals surface area (Å²) in [5.41, 5.74) is -1.26. The number of aromatic hydroxyl groups is 1. The molecule has 2 heterocycles. The van der Waals surface area contributed by atoms with Crippen LogP contribution < -0.4 is 9.75 Å². The number of alkyl halides is 6. The second-order valence-electron chi connectivity index (χ2n) is 11.5. The van der Waals surface area contributed by atoms with Gasteiger partial charge in [-0.25, -0.2) is 4.98 Å². The fraction of sp³-hybridized carbons (Fsp3) is 0.323. The number of ether oxygens (including phenoxy) is 1. The summed E-state index contributed by atoms with van der Waals surface area (Å²) in [6.45, 7) is 1.40. The molecule has 1 N–H and O–H groups in total. The summed E-state index contributed by atoms with van der Waals surface area (Å²) in [5.74, 6) is -9.08. The summed E-state index contributed by atoms with van der Waals surface area (Å²) in [6.07, 6.45) is -7.63. The van der Waals surface area contributed by atoms with E-state index in [2.05, 4.69) is 9.72 Å². The van der Waals surface area contributed by atoms with Crippen molar-refractivity contribution in [3.63, 3.8) is 0 Å². The van der Waals surface area contributed by atoms with E-state index >= 15 is 0 Å². The van der Waals surface area contributed by atoms with Crippen LogP contribution in [0.3, 0.4) is 0 Å². The predicted octanol–water partition coefficient (Wildman–Crippen LogP) is 5.84. The number of anilines is 1. The first kappa shape index (κ1) is 32.3. The number of carbonyl (C=O) groups is 4. The quantitative estimate of drug-likeness (QED) is 0.185. The lowest BCUT2D eigenvalue weighted by atomic mass is 9.59. The number of halogens is 7. The average molecular weight is 682 g/mol. The Bertz CT molecular complexity index is 1870. The summed E-state index contributed by atoms with van der Waals surface area (Å²) in [5, 5.41) is 12.0. The third-order valence-corrected chi connectivity index (χ3v) is 9.10. The van der Waals surface area contributed by atoms with Crippen LogP contribution in [0.4, 0.5) is 32.2 Å². The molecular formula is C31H22ClF6N3O6. The van der Waals surface area contributed by atoms with Crippen LogP contribution in [-0.2, 0) is 25.4 Å². The van der Waals surface area contributed by atoms with E-state index in [0.717, 1.165) is 42.4 Å². The van der Waals surface area contributed by atoms with Crippen molar-refractivity contribution in [2.75, 3.05) is 12.1 Å². The van der Waals surface area contributed by atoms with Gasteiger partial charge in [-0.3, -0.25) is 24.2 Å². The number of ketones is 2. The molecule has 4 atom stereocenters. The molecule has 0 spiro atoms. The molecule has 0 bridgehead atoms. The number of hydrogen-bond acceptors (Lipinski definition) is 8. The molecule has 16 heteroatoms. The molecule has 1 aromatic carbocycles. The molecule has 47 heavy (non-hydrogen) atoms. The maximum Gasteiger partial charge on any atom is 0.573 e. The number of amides is 2. The van der Waals surface area contributed by atoms with Crippen molar-refractivity contribution in [1.29, 1.82) is 0 Å². The summed E-state index contributed by atoms with van der Waals surface area (Å²) in [4.78, 5) is 58.1. The Morgan fingerprint density at radius 2 is 1.72 bits per heavy atom. The van der Waals surface area contributed by atoms with Gasteiger partial charge in [0, 0.05) is 35.2 Å². The maximum absolute atomic E-state index is 14.1. The van der Waals surface area contributed by atoms with Gasteiger partial charge in [0.2, 0.25) is 0 Å². The highest BCUT2D eigenvalue weighted by Crippen LogP contribution is 2.56. The highest BCUT2D eigenvalue weighted by molar-refractivity contribution is 6.33. The number of allylic oxidation sites excluding steroid dienone is 6. The van der Waals surface area contributed by atoms with Gasteiger partial charge in [0.15, 0.2) is 17.4 Å². The third-order valence-electron chi connectivity index (χ3n) is 8.81. The van der Waals surface area contributed by atoms with E-state index in [-0.39, 0.29) is 40.1 Å². The first-order valence-electron chi connectivity index (χ1n) is 14.0. The molecule has 6 rings (SSSR count). The summed E-state index contributed by atoms with van der Waals surface area (Å²) < 4.78 is 83.7. The number of hydrogen-bond donors (Lipinski definition) is 1. The van der Waals surface area contributed by atoms with Gasteiger partial charge in [-0.15, -0.1) is 13.2 Å². The molecule has 1 aliphatic heterocycles. The number of Topliss-reactive ketones (excluding diaryl/α,β-unsaturated/α-hetero) is 1. The SMILES string of the molecule is CC1=CC(=O)C2=C(C[C@@H]3C(=CC[C@@H]4C(=O)N(N(C)c5nc(C(F)(F)F)ccc5Cl)C(=O)[C@@H]43)[C@@H]2c2cc(OC(F)(F)F)ccc2O)C1=O. The van der Waals surface area contributed by atoms with Gasteiger partial charge < -0.3 is 9.84 Å². The smallest absolute Gasteiger partial charge is 0.508 e. The Balaban J connectivity index is 1.45. The fourth-order valence-electron chi connectivity index (χ4n) is 6.89. The Morgan fingerprint density at radius 1 is 1.02 bits per heavy atom. The zero-order valence-corrected chi connectivity index (χ0v) is 25.0. The van der Waals surface area contributed by atoms with Gasteiger partial charge in [-0.1, -0.05) is 23.3 Å². The van der Waals surface area contributed by atoms with Crippen LogP contribution in [0.15, 0.2) is 64.8 Å². The average Bonchev–Trinajstić information content (AvgIpc) is 3.24. The topological polar surface area (TPSA) is 117 Å². The van der Waals surface area contributed by atoms with Crippen molar-refractivity contribution >= 4 is 40.8 Å². The Hall–Kier alpha value is -4.66. The van der Waals surface area contributed by atoms with Crippen molar-refractivity contribution in [2.24, 2.45) is 17.8 Å². The zero-order valence-electron chi connectivity index (χ0n) is 24.2. The number of pyridine rings is 1. The minimum Gasteiger partial charge on any atom is -0.508 e. The standard InChI is InChI=1S/C31H22ClF6N3O6/c1-12-9-21(43)25-18(26(12)44)11-16-14(23(25)17-10-13(3-7-20(17)42)47-31(36,37)38)4-5-15-24(16)29(46)41(28(15)45)40(2)27-19(32)6-8-22(39-27)30(33,34)35/h3-4,6-10,15-16,23-24,42H,5,11H2,1-2H3/t15-,16+,23+,24-/m0/s1. The van der Waals surface area contributed by atoms with E-state index in [1.165, 1.54) is 6.92 Å². The van der Waals surface area contributed by atoms with Crippen LogP contribution in [0.25, 0.3) is 0 Å². The number of aromatic nitrogens is 1. The number of nitrogens with zero attached hydrogens (tertiary/aromatic N) is 3. The van der Waals surface area contributed by atoms with Gasteiger partial charge in [0.1, 0.15) is 17.2 Å². The predicted molar refractivity (Wildman–Crippen MR) is 151 cm³/mol. The number of carbonyl (C=O) groups excluding carboxylic acids is 4. The van der Waals surface area contributed by atoms with Crippen LogP contribution in [0.1, 0.15) is 36.9 Å². The minimum absolute atomic E-state index is 0.0287. The molecule has 246 valence electrons. The summed E-state index contributed by atoms with van der Waals surface area (Å²) in [6, 6.07) is 4.25. The van der Waals surface area contributed by atoms with E-state index in [1.807, 2.05) is 0 Å². The van der Waals surface area contributed by atoms with Gasteiger partial charge in [-0.2, -0.15) is 18.2 Å². The van der Waals surface area contributed by atoms with E-state index < -0.39 is 82.6 Å². The van der Waals surface area contributed by atoms with Crippen LogP contribution >= 0.6 is 11.6 Å². The molecular weight excluding hydrogens is 660 g/mol. The van der Waals surface area contributed by atoms with Crippen molar-refractivity contribution in [2.45, 2.75) is 38.2 Å². The molecule has 9 nitrogen and oxygen atoms in total. The largest absolute Gasteiger partial charge is 0.573 e. The van der Waals surface area contributed by atoms with Crippen molar-refractivity contribution < 1.29 is 55.4 Å². The zero-order chi connectivity index (χ0) is 34.3. The van der Waals surface area contributed by atoms with Gasteiger partial charge in [0.05, 0.1) is 16.9 Å². The number of phenolic OH excluding ortho intramolecular Hbond substituents is 1. The van der Waals surface area contributed by atoms with Crippen LogP contribution in [0.2, 0.25) is 5.02 Å². The van der Waals surface area contributed by atoms with Gasteiger partial charge in [0.25, 0.3) is 11.8 Å². The number of imide groups is 1. The molecule has 0 unspecified atom stereocenters. The lowest BCUT2D eigenvalue weighted by molar-refractivity contribution is -0.274. The second-order valence-corrected chi connectivity index (χ2v) is 11.9. The molecule has 1 saturated heterocycles. The Labute approximate surface area is 266 Å². The molecule has 0 radical (unpaired) electrons. The highest BCUT2D eigenvalue weighted by Gasteiger charge is 2.58. The number of hydrazine groups is 1. The number of phenols is 1. The van der Waals surface area contributed by atoms with Crippen molar-refractivity contribution in [3.8, 4) is 11.5 Å². The minimum atomic E-state index is -5.09. The summed E-state index contributed by atoms with van der Waals surface area (Å²) >= 11 is 6.14. The van der Waals surface area contributed by atoms with Gasteiger partial charge >= 0.3 is 12.5 Å². The Morgan fingerprint density at radius 3 is 2.38 bits per heavy atom. The van der Waals surface area contributed by atoms with Crippen molar-refractivity contribution in [1.82, 2.24) is 9.99 Å². The lowest BCUT2D eigenvalue weighted by Gasteiger charge is -2.42. The molecule has 2 aromatic rings. The van der Waals surface area contributed by atoms with Crippen LogP contribution in [0, 0.1) is 17.8 Å². The number of rotatable bonds is 4. The third kappa shape index (κ3) is 5.35. The Kier molecular flexibility index (Phi) is 7.53. The molecule has 1 fully saturated rings. The monoisotopic (exact) mass is 681 g/mol. The maximum atomic E-state index is 14.1. The molecule has 2 amide bonds. The first-order chi connectivity index (χ1) is 21.9. The molecule has 1 aromatic heterocycles. The first-order valence-corrected chi connectivity index (χ1v) is 14.4. The molecule has 4 aliphatic rings. The van der Waals surface area contributed by atoms with E-state index in [0.29, 0.717) is 16.6 Å². The molecule has 3 aliphatic carbocycles. The second kappa shape index (κ2) is 11.0. The van der Waals surface area contributed by atoms with Crippen LogP contribution in [0.5, 0.6) is 11.5 Å². The van der Waals surface area contributed by atoms with E-state index in [1.54, 1.807) is 6.08 Å². The fourth-order valence-corrected chi connectivity index (χ4v) is 7.12. The van der Waals surface area contributed by atoms with E-state index in [9.17, 15) is 50.6 Å². The normalized spacial score (nSPS) is 24.5. The van der Waals surface area contributed by atoms with Crippen LogP contribution in [-0.4, -0.2) is 51.9 Å². The number of fused-ring (bicyclic) bond motifs is 3. The number of benzene rings is 1. The van der Waals surface area contributed by atoms with Gasteiger partial charge in [-0.05, 0) is 62.1 Å².